The van der Waals surface area contributed by atoms with E-state index in [9.17, 15) is 13.2 Å². The second-order valence-corrected chi connectivity index (χ2v) is 8.62. The molecule has 0 saturated carbocycles. The van der Waals surface area contributed by atoms with Crippen LogP contribution in [0.3, 0.4) is 0 Å². The Labute approximate surface area is 159 Å². The minimum absolute atomic E-state index is 0.0341. The molecule has 0 aliphatic rings. The van der Waals surface area contributed by atoms with Crippen LogP contribution in [0.15, 0.2) is 78.9 Å². The molecule has 0 saturated heterocycles. The van der Waals surface area contributed by atoms with Crippen molar-refractivity contribution < 1.29 is 13.2 Å². The summed E-state index contributed by atoms with van der Waals surface area (Å²) in [6.45, 7) is 0.453. The third-order valence-electron chi connectivity index (χ3n) is 4.17. The van der Waals surface area contributed by atoms with E-state index in [4.69, 9.17) is 0 Å². The van der Waals surface area contributed by atoms with Gasteiger partial charge >= 0.3 is 0 Å². The van der Waals surface area contributed by atoms with Gasteiger partial charge in [0.1, 0.15) is 0 Å². The maximum atomic E-state index is 12.5. The van der Waals surface area contributed by atoms with E-state index in [0.29, 0.717) is 12.1 Å². The summed E-state index contributed by atoms with van der Waals surface area (Å²) in [4.78, 5) is 12.5. The summed E-state index contributed by atoms with van der Waals surface area (Å²) in [6.07, 6.45) is 1.22. The van der Waals surface area contributed by atoms with Crippen LogP contribution in [0.2, 0.25) is 0 Å². The predicted octanol–water partition coefficient (Wildman–Crippen LogP) is 3.83. The van der Waals surface area contributed by atoms with Crippen LogP contribution >= 0.6 is 0 Å². The maximum absolute atomic E-state index is 12.5. The largest absolute Gasteiger partial charge is 0.348 e. The monoisotopic (exact) mass is 379 g/mol. The third kappa shape index (κ3) is 5.28. The second-order valence-electron chi connectivity index (χ2n) is 6.48. The van der Waals surface area contributed by atoms with Crippen molar-refractivity contribution in [2.75, 3.05) is 6.26 Å². The topological polar surface area (TPSA) is 63.2 Å². The number of hydrogen-bond donors (Lipinski definition) is 1. The first kappa shape index (κ1) is 18.9. The van der Waals surface area contributed by atoms with Crippen LogP contribution in [0.5, 0.6) is 0 Å². The SMILES string of the molecule is CS(=O)(=O)Cc1ccccc1-c1cccc(C(=O)NCc2ccccc2)c1. The standard InChI is InChI=1S/C22H21NO3S/c1-27(25,26)16-20-10-5-6-13-21(20)18-11-7-12-19(14-18)22(24)23-15-17-8-3-2-4-9-17/h2-14H,15-16H2,1H3,(H,23,24). The van der Waals surface area contributed by atoms with Gasteiger partial charge in [-0.2, -0.15) is 0 Å². The molecule has 0 fully saturated rings. The van der Waals surface area contributed by atoms with E-state index in [2.05, 4.69) is 5.32 Å². The zero-order chi connectivity index (χ0) is 19.3. The first-order valence-electron chi connectivity index (χ1n) is 8.60. The highest BCUT2D eigenvalue weighted by Gasteiger charge is 2.12. The minimum Gasteiger partial charge on any atom is -0.348 e. The van der Waals surface area contributed by atoms with E-state index < -0.39 is 9.84 Å². The number of carbonyl (C=O) groups excluding carboxylic acids is 1. The van der Waals surface area contributed by atoms with Gasteiger partial charge in [-0.1, -0.05) is 66.7 Å². The Hall–Kier alpha value is -2.92. The lowest BCUT2D eigenvalue weighted by Crippen LogP contribution is -2.22. The summed E-state index contributed by atoms with van der Waals surface area (Å²) < 4.78 is 23.4. The molecule has 0 unspecified atom stereocenters. The lowest BCUT2D eigenvalue weighted by atomic mass is 9.98. The first-order chi connectivity index (χ1) is 12.9. The van der Waals surface area contributed by atoms with Crippen LogP contribution in [0, 0.1) is 0 Å². The van der Waals surface area contributed by atoms with E-state index in [-0.39, 0.29) is 11.7 Å². The van der Waals surface area contributed by atoms with Crippen molar-refractivity contribution in [2.45, 2.75) is 12.3 Å². The van der Waals surface area contributed by atoms with Gasteiger partial charge in [0.05, 0.1) is 5.75 Å². The van der Waals surface area contributed by atoms with Crippen LogP contribution < -0.4 is 5.32 Å². The summed E-state index contributed by atoms with van der Waals surface area (Å²) in [5.41, 5.74) is 3.93. The number of sulfone groups is 1. The van der Waals surface area contributed by atoms with Crippen molar-refractivity contribution >= 4 is 15.7 Å². The van der Waals surface area contributed by atoms with E-state index >= 15 is 0 Å². The number of amides is 1. The van der Waals surface area contributed by atoms with Gasteiger partial charge in [-0.25, -0.2) is 8.42 Å². The van der Waals surface area contributed by atoms with Crippen molar-refractivity contribution in [3.8, 4) is 11.1 Å². The van der Waals surface area contributed by atoms with Gasteiger partial charge in [0, 0.05) is 18.4 Å². The van der Waals surface area contributed by atoms with Gasteiger partial charge in [0.15, 0.2) is 9.84 Å². The van der Waals surface area contributed by atoms with Gasteiger partial charge in [0.25, 0.3) is 5.91 Å². The summed E-state index contributed by atoms with van der Waals surface area (Å²) in [5, 5.41) is 2.91. The fourth-order valence-corrected chi connectivity index (χ4v) is 3.74. The molecule has 0 heterocycles. The number of nitrogens with one attached hydrogen (secondary N) is 1. The molecule has 1 amide bonds. The van der Waals surface area contributed by atoms with Crippen LogP contribution in [-0.4, -0.2) is 20.6 Å². The fraction of sp³-hybridized carbons (Fsp3) is 0.136. The average Bonchev–Trinajstić information content (AvgIpc) is 2.66. The third-order valence-corrected chi connectivity index (χ3v) is 5.00. The second kappa shape index (κ2) is 8.18. The first-order valence-corrected chi connectivity index (χ1v) is 10.7. The molecule has 3 aromatic carbocycles. The average molecular weight is 379 g/mol. The van der Waals surface area contributed by atoms with Gasteiger partial charge in [0.2, 0.25) is 0 Å². The van der Waals surface area contributed by atoms with Crippen molar-refractivity contribution in [3.05, 3.63) is 95.6 Å². The molecule has 0 radical (unpaired) electrons. The number of hydrogen-bond acceptors (Lipinski definition) is 3. The minimum atomic E-state index is -3.15. The Balaban J connectivity index is 1.83. The van der Waals surface area contributed by atoms with E-state index in [1.807, 2.05) is 60.7 Å². The Bertz CT molecular complexity index is 1040. The van der Waals surface area contributed by atoms with E-state index in [1.54, 1.807) is 18.2 Å². The highest BCUT2D eigenvalue weighted by molar-refractivity contribution is 7.89. The molecule has 0 spiro atoms. The molecule has 3 aromatic rings. The molecule has 27 heavy (non-hydrogen) atoms. The molecule has 1 N–H and O–H groups in total. The normalized spacial score (nSPS) is 11.1. The van der Waals surface area contributed by atoms with Crippen molar-refractivity contribution in [1.29, 1.82) is 0 Å². The van der Waals surface area contributed by atoms with Gasteiger partial charge in [-0.05, 0) is 34.4 Å². The Morgan fingerprint density at radius 1 is 0.889 bits per heavy atom. The summed E-state index contributed by atoms with van der Waals surface area (Å²) in [5.74, 6) is -0.200. The molecule has 5 heteroatoms. The molecule has 0 aliphatic heterocycles. The summed E-state index contributed by atoms with van der Waals surface area (Å²) in [6, 6.07) is 24.3. The molecule has 0 bridgehead atoms. The van der Waals surface area contributed by atoms with Crippen LogP contribution in [0.1, 0.15) is 21.5 Å². The van der Waals surface area contributed by atoms with Crippen LogP contribution in [0.4, 0.5) is 0 Å². The zero-order valence-electron chi connectivity index (χ0n) is 15.1. The Kier molecular flexibility index (Phi) is 5.72. The summed E-state index contributed by atoms with van der Waals surface area (Å²) >= 11 is 0. The van der Waals surface area contributed by atoms with E-state index in [0.717, 1.165) is 22.3 Å². The fourth-order valence-electron chi connectivity index (χ4n) is 2.92. The van der Waals surface area contributed by atoms with Crippen molar-refractivity contribution in [3.63, 3.8) is 0 Å². The smallest absolute Gasteiger partial charge is 0.251 e. The molecular formula is C22H21NO3S. The molecule has 0 aromatic heterocycles. The number of rotatable bonds is 6. The number of carbonyl (C=O) groups is 1. The molecular weight excluding hydrogens is 358 g/mol. The quantitative estimate of drug-likeness (QED) is 0.708. The summed E-state index contributed by atoms with van der Waals surface area (Å²) in [7, 11) is -3.15. The molecule has 138 valence electrons. The molecule has 0 aliphatic carbocycles. The van der Waals surface area contributed by atoms with Crippen LogP contribution in [0.25, 0.3) is 11.1 Å². The Morgan fingerprint density at radius 2 is 1.59 bits per heavy atom. The van der Waals surface area contributed by atoms with Gasteiger partial charge < -0.3 is 5.32 Å². The van der Waals surface area contributed by atoms with Crippen molar-refractivity contribution in [1.82, 2.24) is 5.32 Å². The van der Waals surface area contributed by atoms with Gasteiger partial charge in [-0.3, -0.25) is 4.79 Å². The predicted molar refractivity (Wildman–Crippen MR) is 108 cm³/mol. The zero-order valence-corrected chi connectivity index (χ0v) is 15.9. The molecule has 0 atom stereocenters. The molecule has 3 rings (SSSR count). The van der Waals surface area contributed by atoms with E-state index in [1.165, 1.54) is 6.26 Å². The maximum Gasteiger partial charge on any atom is 0.251 e. The van der Waals surface area contributed by atoms with Gasteiger partial charge in [-0.15, -0.1) is 0 Å². The van der Waals surface area contributed by atoms with Crippen LogP contribution in [-0.2, 0) is 22.1 Å². The molecule has 4 nitrogen and oxygen atoms in total. The lowest BCUT2D eigenvalue weighted by Gasteiger charge is -2.11. The van der Waals surface area contributed by atoms with Crippen molar-refractivity contribution in [2.24, 2.45) is 0 Å². The highest BCUT2D eigenvalue weighted by atomic mass is 32.2. The highest BCUT2D eigenvalue weighted by Crippen LogP contribution is 2.26. The lowest BCUT2D eigenvalue weighted by molar-refractivity contribution is 0.0951. The Morgan fingerprint density at radius 3 is 2.33 bits per heavy atom. The number of benzene rings is 3.